The van der Waals surface area contributed by atoms with E-state index in [2.05, 4.69) is 144 Å². The normalized spacial score (nSPS) is 26.1. The standard InChI is InChI=1S/C53H45N/c1-2-11-41-35(10-1)18-19-36-31-39(20-22-42(36)41)54(40-21-23-47-45(32-40)43-12-3-5-14-46(43)52(47)24-7-8-25-52)50-17-9-16-49-51(50)44-13-4-6-15-48(44)53(49)37-27-33-26-34(29-37)30-38(53)28-33/h1-6,9-23,31-34,37-38H,7-8,24-30H2. The van der Waals surface area contributed by atoms with Gasteiger partial charge < -0.3 is 4.90 Å². The van der Waals surface area contributed by atoms with Gasteiger partial charge in [0.1, 0.15) is 0 Å². The molecule has 0 aliphatic heterocycles. The van der Waals surface area contributed by atoms with E-state index in [4.69, 9.17) is 0 Å². The lowest BCUT2D eigenvalue weighted by Gasteiger charge is -2.61. The molecule has 0 saturated heterocycles. The van der Waals surface area contributed by atoms with Crippen LogP contribution in [0.1, 0.15) is 80.0 Å². The van der Waals surface area contributed by atoms with E-state index in [0.717, 1.165) is 23.7 Å². The van der Waals surface area contributed by atoms with Gasteiger partial charge in [0, 0.05) is 27.8 Å². The van der Waals surface area contributed by atoms with Gasteiger partial charge in [-0.15, -0.1) is 0 Å². The van der Waals surface area contributed by atoms with Gasteiger partial charge in [-0.05, 0) is 159 Å². The van der Waals surface area contributed by atoms with Crippen molar-refractivity contribution in [2.75, 3.05) is 4.90 Å². The van der Waals surface area contributed by atoms with E-state index in [1.54, 1.807) is 22.3 Å². The van der Waals surface area contributed by atoms with Gasteiger partial charge in [0.15, 0.2) is 0 Å². The fraction of sp³-hybridized carbons (Fsp3) is 0.283. The molecule has 14 rings (SSSR count). The second kappa shape index (κ2) is 10.8. The van der Waals surface area contributed by atoms with E-state index in [0.29, 0.717) is 0 Å². The Morgan fingerprint density at radius 3 is 1.91 bits per heavy atom. The van der Waals surface area contributed by atoms with Gasteiger partial charge in [-0.1, -0.05) is 122 Å². The number of benzene rings is 7. The first-order chi connectivity index (χ1) is 26.7. The third-order valence-corrected chi connectivity index (χ3v) is 15.8. The number of rotatable bonds is 3. The summed E-state index contributed by atoms with van der Waals surface area (Å²) in [6.45, 7) is 0. The van der Waals surface area contributed by atoms with Gasteiger partial charge >= 0.3 is 0 Å². The molecule has 5 fully saturated rings. The maximum Gasteiger partial charge on any atom is 0.0543 e. The number of nitrogens with zero attached hydrogens (tertiary/aromatic N) is 1. The Labute approximate surface area is 318 Å². The fourth-order valence-electron chi connectivity index (χ4n) is 14.0. The molecule has 0 N–H and O–H groups in total. The lowest BCUT2D eigenvalue weighted by molar-refractivity contribution is -0.0399. The fourth-order valence-corrected chi connectivity index (χ4v) is 14.0. The zero-order chi connectivity index (χ0) is 35.2. The Morgan fingerprint density at radius 2 is 1.07 bits per heavy atom. The summed E-state index contributed by atoms with van der Waals surface area (Å²) >= 11 is 0. The van der Waals surface area contributed by atoms with E-state index in [1.807, 2.05) is 0 Å². The monoisotopic (exact) mass is 695 g/mol. The Balaban J connectivity index is 1.07. The SMILES string of the molecule is c1ccc2c(c1)-c1cc(N(c3ccc4c(ccc5ccccc54)c3)c3cccc4c3-c3ccccc3C43C4CC5CC(C4)CC3C5)ccc1C21CCCC1. The van der Waals surface area contributed by atoms with Crippen LogP contribution in [0.5, 0.6) is 0 Å². The number of hydrogen-bond acceptors (Lipinski definition) is 1. The van der Waals surface area contributed by atoms with E-state index in [-0.39, 0.29) is 10.8 Å². The van der Waals surface area contributed by atoms with Crippen LogP contribution < -0.4 is 4.90 Å². The van der Waals surface area contributed by atoms with Crippen molar-refractivity contribution >= 4 is 38.6 Å². The van der Waals surface area contributed by atoms with E-state index >= 15 is 0 Å². The molecule has 0 aromatic heterocycles. The molecule has 7 aliphatic carbocycles. The van der Waals surface area contributed by atoms with Crippen molar-refractivity contribution < 1.29 is 0 Å². The summed E-state index contributed by atoms with van der Waals surface area (Å²) in [5.41, 5.74) is 16.3. The molecule has 4 bridgehead atoms. The molecule has 0 radical (unpaired) electrons. The van der Waals surface area contributed by atoms with Crippen molar-refractivity contribution in [2.45, 2.75) is 68.6 Å². The molecule has 5 saturated carbocycles. The molecule has 7 aromatic rings. The lowest BCUT2D eigenvalue weighted by Crippen LogP contribution is -2.55. The predicted octanol–water partition coefficient (Wildman–Crippen LogP) is 14.0. The Bertz CT molecular complexity index is 2680. The number of anilines is 3. The molecule has 7 aromatic carbocycles. The van der Waals surface area contributed by atoms with Crippen molar-refractivity contribution in [1.82, 2.24) is 0 Å². The highest BCUT2D eigenvalue weighted by Gasteiger charge is 2.62. The number of hydrogen-bond donors (Lipinski definition) is 0. The maximum absolute atomic E-state index is 2.64. The summed E-state index contributed by atoms with van der Waals surface area (Å²) in [6.07, 6.45) is 12.2. The van der Waals surface area contributed by atoms with E-state index < -0.39 is 0 Å². The van der Waals surface area contributed by atoms with Crippen LogP contribution in [-0.4, -0.2) is 0 Å². The van der Waals surface area contributed by atoms with Gasteiger partial charge in [0.05, 0.1) is 5.69 Å². The van der Waals surface area contributed by atoms with Crippen LogP contribution in [0.3, 0.4) is 0 Å². The molecular formula is C53H45N. The molecule has 1 nitrogen and oxygen atoms in total. The molecule has 0 heterocycles. The highest BCUT2D eigenvalue weighted by molar-refractivity contribution is 6.09. The second-order valence-corrected chi connectivity index (χ2v) is 18.0. The van der Waals surface area contributed by atoms with Crippen LogP contribution in [0.2, 0.25) is 0 Å². The minimum atomic E-state index is 0.134. The molecule has 1 heteroatoms. The molecule has 54 heavy (non-hydrogen) atoms. The summed E-state index contributed by atoms with van der Waals surface area (Å²) in [7, 11) is 0. The molecule has 0 amide bonds. The minimum Gasteiger partial charge on any atom is -0.310 e. The Kier molecular flexibility index (Phi) is 6.02. The van der Waals surface area contributed by atoms with Crippen molar-refractivity contribution in [1.29, 1.82) is 0 Å². The van der Waals surface area contributed by atoms with E-state index in [1.165, 1.54) is 119 Å². The summed E-state index contributed by atoms with van der Waals surface area (Å²) in [5.74, 6) is 3.35. The van der Waals surface area contributed by atoms with E-state index in [9.17, 15) is 0 Å². The summed E-state index contributed by atoms with van der Waals surface area (Å²) < 4.78 is 0. The predicted molar refractivity (Wildman–Crippen MR) is 224 cm³/mol. The average molecular weight is 696 g/mol. The van der Waals surface area contributed by atoms with Crippen molar-refractivity contribution in [3.8, 4) is 22.3 Å². The van der Waals surface area contributed by atoms with Gasteiger partial charge in [0.25, 0.3) is 0 Å². The van der Waals surface area contributed by atoms with Crippen molar-refractivity contribution in [3.63, 3.8) is 0 Å². The molecule has 2 spiro atoms. The largest absolute Gasteiger partial charge is 0.310 e. The van der Waals surface area contributed by atoms with Crippen molar-refractivity contribution in [3.05, 3.63) is 162 Å². The zero-order valence-corrected chi connectivity index (χ0v) is 30.9. The quantitative estimate of drug-likeness (QED) is 0.166. The Morgan fingerprint density at radius 1 is 0.444 bits per heavy atom. The molecule has 262 valence electrons. The highest BCUT2D eigenvalue weighted by atomic mass is 15.1. The van der Waals surface area contributed by atoms with Crippen LogP contribution in [0.4, 0.5) is 17.1 Å². The minimum absolute atomic E-state index is 0.134. The van der Waals surface area contributed by atoms with Gasteiger partial charge in [-0.3, -0.25) is 0 Å². The third kappa shape index (κ3) is 3.76. The second-order valence-electron chi connectivity index (χ2n) is 18.0. The Hall–Kier alpha value is -5.14. The molecule has 0 atom stereocenters. The molecule has 7 aliphatic rings. The summed E-state index contributed by atoms with van der Waals surface area (Å²) in [5, 5.41) is 5.23. The smallest absolute Gasteiger partial charge is 0.0543 e. The first-order valence-electron chi connectivity index (χ1n) is 20.9. The van der Waals surface area contributed by atoms with Crippen molar-refractivity contribution in [2.24, 2.45) is 23.7 Å². The lowest BCUT2D eigenvalue weighted by atomic mass is 9.43. The van der Waals surface area contributed by atoms with Gasteiger partial charge in [0.2, 0.25) is 0 Å². The average Bonchev–Trinajstić information content (AvgIpc) is 3.90. The first kappa shape index (κ1) is 30.2. The van der Waals surface area contributed by atoms with Gasteiger partial charge in [-0.25, -0.2) is 0 Å². The topological polar surface area (TPSA) is 3.24 Å². The highest BCUT2D eigenvalue weighted by Crippen LogP contribution is 2.70. The summed E-state index contributed by atoms with van der Waals surface area (Å²) in [4.78, 5) is 2.64. The van der Waals surface area contributed by atoms with Crippen LogP contribution in [0.25, 0.3) is 43.8 Å². The third-order valence-electron chi connectivity index (χ3n) is 15.8. The van der Waals surface area contributed by atoms with Crippen LogP contribution in [0.15, 0.2) is 140 Å². The molecular weight excluding hydrogens is 651 g/mol. The van der Waals surface area contributed by atoms with Crippen LogP contribution in [-0.2, 0) is 10.8 Å². The molecule has 0 unspecified atom stereocenters. The van der Waals surface area contributed by atoms with Crippen LogP contribution in [0, 0.1) is 23.7 Å². The number of fused-ring (bicyclic) bond motifs is 11. The zero-order valence-electron chi connectivity index (χ0n) is 30.9. The first-order valence-corrected chi connectivity index (χ1v) is 20.9. The maximum atomic E-state index is 2.64. The van der Waals surface area contributed by atoms with Crippen LogP contribution >= 0.6 is 0 Å². The van der Waals surface area contributed by atoms with Gasteiger partial charge in [-0.2, -0.15) is 0 Å². The summed E-state index contributed by atoms with van der Waals surface area (Å²) in [6, 6.07) is 54.6.